The van der Waals surface area contributed by atoms with E-state index in [1.165, 1.54) is 10.4 Å². The summed E-state index contributed by atoms with van der Waals surface area (Å²) in [6.07, 6.45) is 0. The molecule has 0 fully saturated rings. The third-order valence-corrected chi connectivity index (χ3v) is 5.13. The molecule has 0 radical (unpaired) electrons. The molecule has 0 aromatic heterocycles. The Labute approximate surface area is 107 Å². The summed E-state index contributed by atoms with van der Waals surface area (Å²) in [5.74, 6) is 0. The predicted octanol–water partition coefficient (Wildman–Crippen LogP) is 2.26. The van der Waals surface area contributed by atoms with E-state index >= 15 is 0 Å². The monoisotopic (exact) mass is 276 g/mol. The summed E-state index contributed by atoms with van der Waals surface area (Å²) in [6.45, 7) is 6.17. The molecule has 0 aliphatic heterocycles. The van der Waals surface area contributed by atoms with E-state index in [9.17, 15) is 8.42 Å². The number of nitrogens with zero attached hydrogens (tertiary/aromatic N) is 1. The van der Waals surface area contributed by atoms with Crippen LogP contribution in [0.2, 0.25) is 5.02 Å². The first-order valence-corrected chi connectivity index (χ1v) is 7.22. The Morgan fingerprint density at radius 3 is 2.29 bits per heavy atom. The molecule has 0 saturated carbocycles. The maximum Gasteiger partial charge on any atom is 0.245 e. The smallest absolute Gasteiger partial charge is 0.245 e. The van der Waals surface area contributed by atoms with E-state index in [1.807, 2.05) is 0 Å². The van der Waals surface area contributed by atoms with Crippen LogP contribution in [0.25, 0.3) is 0 Å². The minimum Gasteiger partial charge on any atom is -0.398 e. The second-order valence-electron chi connectivity index (χ2n) is 3.73. The van der Waals surface area contributed by atoms with Gasteiger partial charge in [-0.1, -0.05) is 25.4 Å². The van der Waals surface area contributed by atoms with E-state index < -0.39 is 10.0 Å². The molecule has 2 N–H and O–H groups in total. The van der Waals surface area contributed by atoms with Crippen molar-refractivity contribution in [3.8, 4) is 0 Å². The van der Waals surface area contributed by atoms with Crippen LogP contribution >= 0.6 is 11.6 Å². The summed E-state index contributed by atoms with van der Waals surface area (Å²) in [5.41, 5.74) is 6.76. The number of hydrogen-bond donors (Lipinski definition) is 1. The quantitative estimate of drug-likeness (QED) is 0.858. The molecule has 96 valence electrons. The molecular formula is C11H17ClN2O2S. The highest BCUT2D eigenvalue weighted by atomic mass is 35.5. The summed E-state index contributed by atoms with van der Waals surface area (Å²) < 4.78 is 25.9. The number of anilines is 1. The zero-order chi connectivity index (χ0) is 13.2. The summed E-state index contributed by atoms with van der Waals surface area (Å²) in [5, 5.41) is 0.407. The summed E-state index contributed by atoms with van der Waals surface area (Å²) in [7, 11) is -3.55. The minimum atomic E-state index is -3.55. The van der Waals surface area contributed by atoms with Gasteiger partial charge in [-0.25, -0.2) is 8.42 Å². The van der Waals surface area contributed by atoms with Crippen molar-refractivity contribution in [2.75, 3.05) is 18.8 Å². The Morgan fingerprint density at radius 1 is 1.29 bits per heavy atom. The standard InChI is InChI=1S/C11H17ClN2O2S/c1-4-14(5-2)17(15,16)11-7-9(12)8(3)6-10(11)13/h6-7H,4-5,13H2,1-3H3. The molecule has 0 heterocycles. The molecule has 1 aromatic rings. The number of rotatable bonds is 4. The molecule has 6 heteroatoms. The van der Waals surface area contributed by atoms with Crippen LogP contribution in [0.3, 0.4) is 0 Å². The Bertz CT molecular complexity index is 510. The Hall–Kier alpha value is -0.780. The van der Waals surface area contributed by atoms with Crippen molar-refractivity contribution in [3.63, 3.8) is 0 Å². The van der Waals surface area contributed by atoms with Crippen LogP contribution in [0.1, 0.15) is 19.4 Å². The van der Waals surface area contributed by atoms with Crippen molar-refractivity contribution in [1.82, 2.24) is 4.31 Å². The first-order valence-electron chi connectivity index (χ1n) is 5.40. The molecular weight excluding hydrogens is 260 g/mol. The van der Waals surface area contributed by atoms with Crippen molar-refractivity contribution in [2.24, 2.45) is 0 Å². The van der Waals surface area contributed by atoms with Gasteiger partial charge in [0.25, 0.3) is 0 Å². The van der Waals surface area contributed by atoms with Gasteiger partial charge in [-0.3, -0.25) is 0 Å². The van der Waals surface area contributed by atoms with E-state index in [-0.39, 0.29) is 10.6 Å². The fourth-order valence-electron chi connectivity index (χ4n) is 1.61. The van der Waals surface area contributed by atoms with Gasteiger partial charge in [0.2, 0.25) is 10.0 Å². The van der Waals surface area contributed by atoms with Crippen LogP contribution < -0.4 is 5.73 Å². The van der Waals surface area contributed by atoms with Crippen LogP contribution in [0.15, 0.2) is 17.0 Å². The normalized spacial score (nSPS) is 12.1. The third kappa shape index (κ3) is 2.73. The largest absolute Gasteiger partial charge is 0.398 e. The van der Waals surface area contributed by atoms with Gasteiger partial charge in [-0.15, -0.1) is 0 Å². The van der Waals surface area contributed by atoms with E-state index in [1.54, 1.807) is 26.8 Å². The van der Waals surface area contributed by atoms with E-state index in [4.69, 9.17) is 17.3 Å². The average Bonchev–Trinajstić information content (AvgIpc) is 2.24. The molecule has 0 unspecified atom stereocenters. The van der Waals surface area contributed by atoms with Crippen LogP contribution in [0, 0.1) is 6.92 Å². The van der Waals surface area contributed by atoms with Crippen molar-refractivity contribution >= 4 is 27.3 Å². The Kier molecular flexibility index (Phi) is 4.41. The number of benzene rings is 1. The van der Waals surface area contributed by atoms with Gasteiger partial charge in [0.1, 0.15) is 4.90 Å². The van der Waals surface area contributed by atoms with Gasteiger partial charge in [0, 0.05) is 18.1 Å². The minimum absolute atomic E-state index is 0.0804. The van der Waals surface area contributed by atoms with Gasteiger partial charge in [0.05, 0.1) is 5.69 Å². The fraction of sp³-hybridized carbons (Fsp3) is 0.455. The second-order valence-corrected chi connectivity index (χ2v) is 6.04. The highest BCUT2D eigenvalue weighted by molar-refractivity contribution is 7.89. The molecule has 0 aliphatic rings. The number of nitrogens with two attached hydrogens (primary N) is 1. The molecule has 1 aromatic carbocycles. The van der Waals surface area contributed by atoms with E-state index in [2.05, 4.69) is 0 Å². The lowest BCUT2D eigenvalue weighted by atomic mass is 10.2. The second kappa shape index (κ2) is 5.25. The summed E-state index contributed by atoms with van der Waals surface area (Å²) in [4.78, 5) is 0.0804. The third-order valence-electron chi connectivity index (χ3n) is 2.61. The predicted molar refractivity (Wildman–Crippen MR) is 70.7 cm³/mol. The fourth-order valence-corrected chi connectivity index (χ4v) is 3.42. The first-order chi connectivity index (χ1) is 7.84. The Balaban J connectivity index is 3.38. The molecule has 4 nitrogen and oxygen atoms in total. The molecule has 0 saturated heterocycles. The number of halogens is 1. The molecule has 0 bridgehead atoms. The first kappa shape index (κ1) is 14.3. The summed E-state index contributed by atoms with van der Waals surface area (Å²) in [6, 6.07) is 3.00. The molecule has 17 heavy (non-hydrogen) atoms. The molecule has 1 rings (SSSR count). The number of sulfonamides is 1. The average molecular weight is 277 g/mol. The number of nitrogen functional groups attached to an aromatic ring is 1. The van der Waals surface area contributed by atoms with Gasteiger partial charge >= 0.3 is 0 Å². The van der Waals surface area contributed by atoms with Crippen molar-refractivity contribution in [1.29, 1.82) is 0 Å². The number of aryl methyl sites for hydroxylation is 1. The highest BCUT2D eigenvalue weighted by Crippen LogP contribution is 2.28. The van der Waals surface area contributed by atoms with Gasteiger partial charge in [-0.2, -0.15) is 4.31 Å². The van der Waals surface area contributed by atoms with Crippen LogP contribution in [0.5, 0.6) is 0 Å². The number of hydrogen-bond acceptors (Lipinski definition) is 3. The van der Waals surface area contributed by atoms with Gasteiger partial charge in [-0.05, 0) is 24.6 Å². The van der Waals surface area contributed by atoms with Crippen LogP contribution in [0.4, 0.5) is 5.69 Å². The van der Waals surface area contributed by atoms with Crippen molar-refractivity contribution in [2.45, 2.75) is 25.7 Å². The zero-order valence-electron chi connectivity index (χ0n) is 10.2. The molecule has 0 aliphatic carbocycles. The molecule has 0 amide bonds. The van der Waals surface area contributed by atoms with Crippen LogP contribution in [-0.2, 0) is 10.0 Å². The lowest BCUT2D eigenvalue weighted by Gasteiger charge is -2.20. The van der Waals surface area contributed by atoms with Crippen LogP contribution in [-0.4, -0.2) is 25.8 Å². The van der Waals surface area contributed by atoms with Crippen molar-refractivity contribution < 1.29 is 8.42 Å². The highest BCUT2D eigenvalue weighted by Gasteiger charge is 2.24. The zero-order valence-corrected chi connectivity index (χ0v) is 11.8. The van der Waals surface area contributed by atoms with Gasteiger partial charge in [0.15, 0.2) is 0 Å². The van der Waals surface area contributed by atoms with Gasteiger partial charge < -0.3 is 5.73 Å². The Morgan fingerprint density at radius 2 is 1.82 bits per heavy atom. The van der Waals surface area contributed by atoms with Crippen molar-refractivity contribution in [3.05, 3.63) is 22.7 Å². The topological polar surface area (TPSA) is 63.4 Å². The maximum absolute atomic E-state index is 12.3. The lowest BCUT2D eigenvalue weighted by Crippen LogP contribution is -2.31. The SMILES string of the molecule is CCN(CC)S(=O)(=O)c1cc(Cl)c(C)cc1N. The molecule has 0 spiro atoms. The lowest BCUT2D eigenvalue weighted by molar-refractivity contribution is 0.445. The maximum atomic E-state index is 12.3. The summed E-state index contributed by atoms with van der Waals surface area (Å²) >= 11 is 5.94. The van der Waals surface area contributed by atoms with E-state index in [0.29, 0.717) is 18.1 Å². The van der Waals surface area contributed by atoms with E-state index in [0.717, 1.165) is 5.56 Å². The molecule has 0 atom stereocenters.